The van der Waals surface area contributed by atoms with Crippen molar-refractivity contribution in [3.8, 4) is 5.75 Å². The van der Waals surface area contributed by atoms with Gasteiger partial charge in [0.05, 0.1) is 12.7 Å². The summed E-state index contributed by atoms with van der Waals surface area (Å²) in [5.41, 5.74) is 3.67. The molecule has 0 bridgehead atoms. The number of hydrogen-bond donors (Lipinski definition) is 2. The minimum absolute atomic E-state index is 0.0206. The maximum absolute atomic E-state index is 12.4. The molecule has 0 saturated heterocycles. The summed E-state index contributed by atoms with van der Waals surface area (Å²) in [5.74, 6) is -0.642. The van der Waals surface area contributed by atoms with E-state index in [1.807, 2.05) is 61.5 Å². The van der Waals surface area contributed by atoms with Gasteiger partial charge in [0.25, 0.3) is 5.91 Å². The Balaban J connectivity index is 1.38. The third-order valence-corrected chi connectivity index (χ3v) is 7.17. The van der Waals surface area contributed by atoms with E-state index in [1.54, 1.807) is 6.26 Å². The number of aryl methyl sites for hydroxylation is 1. The average Bonchev–Trinajstić information content (AvgIpc) is 3.33. The van der Waals surface area contributed by atoms with Crippen molar-refractivity contribution in [1.29, 1.82) is 0 Å². The molecular weight excluding hydrogens is 454 g/mol. The minimum atomic E-state index is -0.854. The normalized spacial score (nSPS) is 15.1. The number of ether oxygens (including phenoxy) is 1. The number of carbonyl (C=O) groups is 2. The van der Waals surface area contributed by atoms with Gasteiger partial charge in [-0.2, -0.15) is 0 Å². The standard InChI is InChI=1S/C30H31NO5/c1-19-13-28-22(11-12-35-28)16-26(19)27(17-30(33)34)21-8-7-20-9-10-25(15-23(20)14-21)36-18-29(32)31-24-5-3-2-4-6-24/h7-16,24,27H,2-6,17-18H2,1H3,(H,31,32)(H,33,34). The maximum atomic E-state index is 12.4. The molecule has 0 aliphatic heterocycles. The zero-order valence-corrected chi connectivity index (χ0v) is 20.5. The highest BCUT2D eigenvalue weighted by Gasteiger charge is 2.21. The van der Waals surface area contributed by atoms with Crippen LogP contribution < -0.4 is 10.1 Å². The highest BCUT2D eigenvalue weighted by Crippen LogP contribution is 2.35. The molecule has 6 heteroatoms. The largest absolute Gasteiger partial charge is 0.484 e. The predicted octanol–water partition coefficient (Wildman–Crippen LogP) is 6.33. The number of nitrogens with one attached hydrogen (secondary N) is 1. The Morgan fingerprint density at radius 3 is 2.61 bits per heavy atom. The lowest BCUT2D eigenvalue weighted by Crippen LogP contribution is -2.38. The molecule has 1 aliphatic rings. The molecule has 1 heterocycles. The van der Waals surface area contributed by atoms with Crippen LogP contribution in [0.15, 0.2) is 65.3 Å². The lowest BCUT2D eigenvalue weighted by Gasteiger charge is -2.22. The van der Waals surface area contributed by atoms with Gasteiger partial charge < -0.3 is 19.6 Å². The van der Waals surface area contributed by atoms with Gasteiger partial charge in [-0.1, -0.05) is 43.5 Å². The Morgan fingerprint density at radius 1 is 1.00 bits per heavy atom. The summed E-state index contributed by atoms with van der Waals surface area (Å²) in [6, 6.07) is 17.9. The Labute approximate surface area is 210 Å². The van der Waals surface area contributed by atoms with Crippen molar-refractivity contribution in [3.05, 3.63) is 77.6 Å². The van der Waals surface area contributed by atoms with Gasteiger partial charge >= 0.3 is 5.97 Å². The molecule has 0 radical (unpaired) electrons. The fraction of sp³-hybridized carbons (Fsp3) is 0.333. The highest BCUT2D eigenvalue weighted by atomic mass is 16.5. The molecule has 186 valence electrons. The topological polar surface area (TPSA) is 88.8 Å². The summed E-state index contributed by atoms with van der Waals surface area (Å²) in [4.78, 5) is 24.2. The molecular formula is C30H31NO5. The van der Waals surface area contributed by atoms with Crippen LogP contribution in [0.2, 0.25) is 0 Å². The summed E-state index contributed by atoms with van der Waals surface area (Å²) in [7, 11) is 0. The van der Waals surface area contributed by atoms with E-state index in [1.165, 1.54) is 6.42 Å². The van der Waals surface area contributed by atoms with E-state index < -0.39 is 5.97 Å². The molecule has 1 aliphatic carbocycles. The third kappa shape index (κ3) is 5.38. The fourth-order valence-electron chi connectivity index (χ4n) is 5.30. The molecule has 36 heavy (non-hydrogen) atoms. The van der Waals surface area contributed by atoms with E-state index in [9.17, 15) is 14.7 Å². The first-order valence-corrected chi connectivity index (χ1v) is 12.6. The molecule has 6 nitrogen and oxygen atoms in total. The number of carboxylic acids is 1. The Morgan fingerprint density at radius 2 is 1.81 bits per heavy atom. The summed E-state index contributed by atoms with van der Waals surface area (Å²) < 4.78 is 11.3. The van der Waals surface area contributed by atoms with Crippen molar-refractivity contribution in [1.82, 2.24) is 5.32 Å². The predicted molar refractivity (Wildman–Crippen MR) is 140 cm³/mol. The van der Waals surface area contributed by atoms with E-state index >= 15 is 0 Å². The van der Waals surface area contributed by atoms with Crippen LogP contribution in [0, 0.1) is 6.92 Å². The smallest absolute Gasteiger partial charge is 0.304 e. The van der Waals surface area contributed by atoms with Crippen LogP contribution in [-0.4, -0.2) is 29.6 Å². The molecule has 1 aromatic heterocycles. The number of fused-ring (bicyclic) bond motifs is 2. The van der Waals surface area contributed by atoms with E-state index in [0.717, 1.165) is 64.1 Å². The van der Waals surface area contributed by atoms with Crippen LogP contribution in [0.4, 0.5) is 0 Å². The number of amides is 1. The Kier molecular flexibility index (Phi) is 6.94. The van der Waals surface area contributed by atoms with Gasteiger partial charge in [-0.05, 0) is 77.6 Å². The number of rotatable bonds is 8. The van der Waals surface area contributed by atoms with Crippen molar-refractivity contribution in [2.75, 3.05) is 6.61 Å². The number of benzene rings is 3. The first-order chi connectivity index (χ1) is 17.5. The second-order valence-corrected chi connectivity index (χ2v) is 9.78. The zero-order valence-electron chi connectivity index (χ0n) is 20.5. The van der Waals surface area contributed by atoms with Crippen LogP contribution in [0.5, 0.6) is 5.75 Å². The first-order valence-electron chi connectivity index (χ1n) is 12.6. The van der Waals surface area contributed by atoms with Crippen molar-refractivity contribution in [2.24, 2.45) is 0 Å². The average molecular weight is 486 g/mol. The summed E-state index contributed by atoms with van der Waals surface area (Å²) in [6.07, 6.45) is 7.27. The lowest BCUT2D eigenvalue weighted by molar-refractivity contribution is -0.137. The van der Waals surface area contributed by atoms with Crippen molar-refractivity contribution < 1.29 is 23.8 Å². The van der Waals surface area contributed by atoms with Gasteiger partial charge in [0.2, 0.25) is 0 Å². The quantitative estimate of drug-likeness (QED) is 0.304. The molecule has 1 saturated carbocycles. The number of aliphatic carboxylic acids is 1. The molecule has 4 aromatic rings. The van der Waals surface area contributed by atoms with E-state index in [2.05, 4.69) is 5.32 Å². The molecule has 1 atom stereocenters. The summed E-state index contributed by atoms with van der Waals surface area (Å²) >= 11 is 0. The monoisotopic (exact) mass is 485 g/mol. The van der Waals surface area contributed by atoms with E-state index in [0.29, 0.717) is 5.75 Å². The van der Waals surface area contributed by atoms with Crippen LogP contribution in [0.25, 0.3) is 21.7 Å². The minimum Gasteiger partial charge on any atom is -0.484 e. The number of carboxylic acid groups (broad SMARTS) is 1. The van der Waals surface area contributed by atoms with Gasteiger partial charge in [-0.25, -0.2) is 0 Å². The van der Waals surface area contributed by atoms with Gasteiger partial charge in [0, 0.05) is 17.3 Å². The van der Waals surface area contributed by atoms with E-state index in [-0.39, 0.29) is 30.9 Å². The Hall–Kier alpha value is -3.80. The first kappa shape index (κ1) is 23.9. The van der Waals surface area contributed by atoms with Crippen molar-refractivity contribution in [2.45, 2.75) is 57.4 Å². The fourth-order valence-corrected chi connectivity index (χ4v) is 5.30. The number of carbonyl (C=O) groups excluding carboxylic acids is 1. The third-order valence-electron chi connectivity index (χ3n) is 7.17. The molecule has 0 spiro atoms. The summed E-state index contributed by atoms with van der Waals surface area (Å²) in [6.45, 7) is 1.96. The number of furan rings is 1. The number of hydrogen-bond acceptors (Lipinski definition) is 4. The molecule has 1 unspecified atom stereocenters. The van der Waals surface area contributed by atoms with Crippen molar-refractivity contribution >= 4 is 33.6 Å². The molecule has 5 rings (SSSR count). The van der Waals surface area contributed by atoms with Gasteiger partial charge in [-0.3, -0.25) is 9.59 Å². The van der Waals surface area contributed by atoms with Crippen LogP contribution in [-0.2, 0) is 9.59 Å². The lowest BCUT2D eigenvalue weighted by atomic mass is 9.84. The van der Waals surface area contributed by atoms with Crippen LogP contribution in [0.1, 0.15) is 61.1 Å². The van der Waals surface area contributed by atoms with Crippen LogP contribution >= 0.6 is 0 Å². The molecule has 1 fully saturated rings. The molecule has 1 amide bonds. The van der Waals surface area contributed by atoms with E-state index in [4.69, 9.17) is 9.15 Å². The second kappa shape index (κ2) is 10.4. The Bertz CT molecular complexity index is 1400. The second-order valence-electron chi connectivity index (χ2n) is 9.78. The van der Waals surface area contributed by atoms with Crippen molar-refractivity contribution in [3.63, 3.8) is 0 Å². The van der Waals surface area contributed by atoms with Gasteiger partial charge in [-0.15, -0.1) is 0 Å². The maximum Gasteiger partial charge on any atom is 0.304 e. The highest BCUT2D eigenvalue weighted by molar-refractivity contribution is 5.86. The summed E-state index contributed by atoms with van der Waals surface area (Å²) in [5, 5.41) is 15.7. The van der Waals surface area contributed by atoms with Crippen LogP contribution in [0.3, 0.4) is 0 Å². The molecule has 2 N–H and O–H groups in total. The SMILES string of the molecule is Cc1cc2occc2cc1C(CC(=O)O)c1ccc2ccc(OCC(=O)NC3CCCCC3)cc2c1. The zero-order chi connectivity index (χ0) is 25.1. The van der Waals surface area contributed by atoms with Gasteiger partial charge in [0.1, 0.15) is 11.3 Å². The molecule has 3 aromatic carbocycles. The van der Waals surface area contributed by atoms with Gasteiger partial charge in [0.15, 0.2) is 6.61 Å².